The average molecular weight is 552 g/mol. The fourth-order valence-corrected chi connectivity index (χ4v) is 4.15. The van der Waals surface area contributed by atoms with Crippen molar-refractivity contribution in [1.29, 1.82) is 0 Å². The zero-order valence-electron chi connectivity index (χ0n) is 16.7. The number of nitrogens with zero attached hydrogens (tertiary/aromatic N) is 3. The van der Waals surface area contributed by atoms with Crippen molar-refractivity contribution in [2.24, 2.45) is 4.99 Å². The number of benzene rings is 1. The number of hydrogen-bond acceptors (Lipinski definition) is 3. The van der Waals surface area contributed by atoms with Gasteiger partial charge >= 0.3 is 6.18 Å². The van der Waals surface area contributed by atoms with Gasteiger partial charge in [0.05, 0.1) is 12.1 Å². The highest BCUT2D eigenvalue weighted by molar-refractivity contribution is 14.0. The van der Waals surface area contributed by atoms with E-state index in [-0.39, 0.29) is 36.4 Å². The van der Waals surface area contributed by atoms with Crippen molar-refractivity contribution < 1.29 is 18.0 Å². The minimum atomic E-state index is -4.35. The highest BCUT2D eigenvalue weighted by atomic mass is 127. The van der Waals surface area contributed by atoms with Crippen LogP contribution < -0.4 is 5.32 Å². The first kappa shape index (κ1) is 24.4. The third kappa shape index (κ3) is 6.10. The van der Waals surface area contributed by atoms with Crippen molar-refractivity contribution in [2.45, 2.75) is 25.7 Å². The Balaban J connectivity index is 0.00000320. The normalized spacial score (nSPS) is 14.0. The molecule has 0 fully saturated rings. The summed E-state index contributed by atoms with van der Waals surface area (Å²) in [7, 11) is 3.38. The first-order chi connectivity index (χ1) is 13.8. The van der Waals surface area contributed by atoms with Crippen molar-refractivity contribution >= 4 is 47.2 Å². The van der Waals surface area contributed by atoms with E-state index in [1.807, 2.05) is 4.90 Å². The summed E-state index contributed by atoms with van der Waals surface area (Å²) < 4.78 is 38.0. The molecule has 1 amide bonds. The number of amides is 1. The Morgan fingerprint density at radius 3 is 2.60 bits per heavy atom. The van der Waals surface area contributed by atoms with E-state index in [9.17, 15) is 18.0 Å². The largest absolute Gasteiger partial charge is 0.416 e. The fraction of sp³-hybridized carbons (Fsp3) is 0.400. The number of thiophene rings is 1. The molecule has 0 saturated carbocycles. The third-order valence-electron chi connectivity index (χ3n) is 4.83. The van der Waals surface area contributed by atoms with Crippen LogP contribution in [0.2, 0.25) is 0 Å². The van der Waals surface area contributed by atoms with Gasteiger partial charge in [0.25, 0.3) is 0 Å². The molecule has 10 heteroatoms. The number of fused-ring (bicyclic) bond motifs is 1. The minimum Gasteiger partial charge on any atom is -0.347 e. The molecule has 164 valence electrons. The minimum absolute atomic E-state index is 0. The van der Waals surface area contributed by atoms with Crippen molar-refractivity contribution in [1.82, 2.24) is 15.1 Å². The molecule has 0 bridgehead atoms. The molecule has 0 radical (unpaired) electrons. The summed E-state index contributed by atoms with van der Waals surface area (Å²) in [5.74, 6) is 0.498. The maximum atomic E-state index is 12.7. The van der Waals surface area contributed by atoms with Crippen molar-refractivity contribution in [3.05, 3.63) is 57.3 Å². The molecule has 1 aromatic carbocycles. The van der Waals surface area contributed by atoms with Crippen LogP contribution >= 0.6 is 35.3 Å². The molecule has 5 nitrogen and oxygen atoms in total. The van der Waals surface area contributed by atoms with Gasteiger partial charge in [-0.2, -0.15) is 13.2 Å². The van der Waals surface area contributed by atoms with Crippen molar-refractivity contribution in [2.75, 3.05) is 27.2 Å². The Morgan fingerprint density at radius 2 is 1.97 bits per heavy atom. The zero-order chi connectivity index (χ0) is 21.0. The van der Waals surface area contributed by atoms with Crippen LogP contribution in [0, 0.1) is 0 Å². The molecule has 1 aromatic heterocycles. The summed E-state index contributed by atoms with van der Waals surface area (Å²) in [5.41, 5.74) is 1.25. The van der Waals surface area contributed by atoms with Gasteiger partial charge in [-0.3, -0.25) is 9.79 Å². The summed E-state index contributed by atoms with van der Waals surface area (Å²) in [4.78, 5) is 21.7. The smallest absolute Gasteiger partial charge is 0.347 e. The van der Waals surface area contributed by atoms with E-state index in [0.29, 0.717) is 25.6 Å². The van der Waals surface area contributed by atoms with Crippen molar-refractivity contribution in [3.8, 4) is 0 Å². The second-order valence-electron chi connectivity index (χ2n) is 6.89. The van der Waals surface area contributed by atoms with Crippen LogP contribution in [0.3, 0.4) is 0 Å². The Kier molecular flexibility index (Phi) is 8.53. The molecule has 1 aliphatic heterocycles. The fourth-order valence-electron chi connectivity index (χ4n) is 3.26. The molecular formula is C20H24F3IN4OS. The van der Waals surface area contributed by atoms with Crippen molar-refractivity contribution in [3.63, 3.8) is 0 Å². The lowest BCUT2D eigenvalue weighted by atomic mass is 10.1. The maximum absolute atomic E-state index is 12.7. The number of guanidine groups is 1. The number of carbonyl (C=O) groups excluding carboxylic acids is 1. The first-order valence-corrected chi connectivity index (χ1v) is 10.1. The molecule has 0 saturated heterocycles. The van der Waals surface area contributed by atoms with E-state index >= 15 is 0 Å². The predicted octanol–water partition coefficient (Wildman–Crippen LogP) is 3.98. The Hall–Kier alpha value is -1.82. The summed E-state index contributed by atoms with van der Waals surface area (Å²) in [6, 6.07) is 7.09. The standard InChI is InChI=1S/C20H23F3N4OS.HI/c1-24-19(26(2)12-14-3-5-16(6-4-14)20(21,22)23)25-11-18(28)27-9-7-17-15(13-27)8-10-29-17;/h3-6,8,10H,7,9,11-13H2,1-2H3,(H,24,25);1H. The summed E-state index contributed by atoms with van der Waals surface area (Å²) >= 11 is 1.73. The molecule has 0 unspecified atom stereocenters. The quantitative estimate of drug-likeness (QED) is 0.355. The second kappa shape index (κ2) is 10.5. The number of halogens is 4. The van der Waals surface area contributed by atoms with Gasteiger partial charge in [0.1, 0.15) is 0 Å². The van der Waals surface area contributed by atoms with E-state index in [0.717, 1.165) is 24.1 Å². The Bertz CT molecular complexity index is 883. The number of rotatable bonds is 4. The van der Waals surface area contributed by atoms with Crippen LogP contribution in [-0.4, -0.2) is 48.9 Å². The van der Waals surface area contributed by atoms with Crippen LogP contribution in [-0.2, 0) is 30.5 Å². The SMILES string of the molecule is CN=C(NCC(=O)N1CCc2sccc2C1)N(C)Cc1ccc(C(F)(F)F)cc1.I. The average Bonchev–Trinajstić information content (AvgIpc) is 3.15. The number of nitrogens with one attached hydrogen (secondary N) is 1. The number of alkyl halides is 3. The molecule has 30 heavy (non-hydrogen) atoms. The highest BCUT2D eigenvalue weighted by Gasteiger charge is 2.30. The van der Waals surface area contributed by atoms with Gasteiger partial charge in [-0.1, -0.05) is 12.1 Å². The van der Waals surface area contributed by atoms with Crippen LogP contribution in [0.1, 0.15) is 21.6 Å². The lowest BCUT2D eigenvalue weighted by Gasteiger charge is -2.28. The van der Waals surface area contributed by atoms with E-state index in [1.165, 1.54) is 22.6 Å². The lowest BCUT2D eigenvalue weighted by molar-refractivity contribution is -0.137. The predicted molar refractivity (Wildman–Crippen MR) is 123 cm³/mol. The molecule has 0 spiro atoms. The molecule has 1 aliphatic rings. The third-order valence-corrected chi connectivity index (χ3v) is 5.86. The van der Waals surface area contributed by atoms with Gasteiger partial charge in [0, 0.05) is 38.6 Å². The molecule has 0 aliphatic carbocycles. The molecule has 2 heterocycles. The molecule has 0 atom stereocenters. The van der Waals surface area contributed by atoms with E-state index in [2.05, 4.69) is 21.8 Å². The Labute approximate surface area is 195 Å². The van der Waals surface area contributed by atoms with Gasteiger partial charge in [-0.05, 0) is 41.1 Å². The number of carbonyl (C=O) groups is 1. The first-order valence-electron chi connectivity index (χ1n) is 9.19. The number of hydrogen-bond donors (Lipinski definition) is 1. The van der Waals surface area contributed by atoms with Crippen LogP contribution in [0.25, 0.3) is 0 Å². The van der Waals surface area contributed by atoms with Gasteiger partial charge in [0.15, 0.2) is 5.96 Å². The molecule has 2 aromatic rings. The summed E-state index contributed by atoms with van der Waals surface area (Å²) in [6.45, 7) is 1.81. The summed E-state index contributed by atoms with van der Waals surface area (Å²) in [5, 5.41) is 5.10. The topological polar surface area (TPSA) is 47.9 Å². The maximum Gasteiger partial charge on any atom is 0.416 e. The second-order valence-corrected chi connectivity index (χ2v) is 7.89. The summed E-state index contributed by atoms with van der Waals surface area (Å²) in [6.07, 6.45) is -3.47. The van der Waals surface area contributed by atoms with Gasteiger partial charge in [-0.15, -0.1) is 35.3 Å². The van der Waals surface area contributed by atoms with Crippen LogP contribution in [0.5, 0.6) is 0 Å². The lowest BCUT2D eigenvalue weighted by Crippen LogP contribution is -2.46. The molecule has 1 N–H and O–H groups in total. The van der Waals surface area contributed by atoms with Crippen LogP contribution in [0.15, 0.2) is 40.7 Å². The molecular weight excluding hydrogens is 528 g/mol. The number of aliphatic imine (C=N–C) groups is 1. The van der Waals surface area contributed by atoms with Gasteiger partial charge < -0.3 is 15.1 Å². The Morgan fingerprint density at radius 1 is 1.27 bits per heavy atom. The zero-order valence-corrected chi connectivity index (χ0v) is 19.8. The van der Waals surface area contributed by atoms with Crippen LogP contribution in [0.4, 0.5) is 13.2 Å². The van der Waals surface area contributed by atoms with Gasteiger partial charge in [-0.25, -0.2) is 0 Å². The van der Waals surface area contributed by atoms with E-state index in [4.69, 9.17) is 0 Å². The van der Waals surface area contributed by atoms with E-state index < -0.39 is 11.7 Å². The van der Waals surface area contributed by atoms with Gasteiger partial charge in [0.2, 0.25) is 5.91 Å². The highest BCUT2D eigenvalue weighted by Crippen LogP contribution is 2.29. The molecule has 3 rings (SSSR count). The monoisotopic (exact) mass is 552 g/mol. The van der Waals surface area contributed by atoms with E-state index in [1.54, 1.807) is 30.3 Å².